The van der Waals surface area contributed by atoms with Gasteiger partial charge in [0.1, 0.15) is 18.1 Å². The van der Waals surface area contributed by atoms with Gasteiger partial charge in [-0.25, -0.2) is 0 Å². The molecule has 22 heavy (non-hydrogen) atoms. The van der Waals surface area contributed by atoms with E-state index in [1.165, 1.54) is 0 Å². The van der Waals surface area contributed by atoms with E-state index in [9.17, 15) is 0 Å². The average molecular weight is 291 g/mol. The molecule has 0 bridgehead atoms. The molecule has 3 aromatic rings. The largest absolute Gasteiger partial charge is 0.497 e. The maximum atomic E-state index is 5.83. The fourth-order valence-corrected chi connectivity index (χ4v) is 2.16. The first-order chi connectivity index (χ1) is 10.8. The standard InChI is InChI=1S/C19H17NO2/c1-21-17-9-7-16(8-10-17)19-13-18(11-12-20-19)22-14-15-5-3-2-4-6-15/h2-13H,14H2,1H3. The van der Waals surface area contributed by atoms with E-state index in [4.69, 9.17) is 9.47 Å². The van der Waals surface area contributed by atoms with Crippen LogP contribution in [-0.4, -0.2) is 12.1 Å². The minimum Gasteiger partial charge on any atom is -0.497 e. The van der Waals surface area contributed by atoms with Crippen molar-refractivity contribution in [2.75, 3.05) is 7.11 Å². The highest BCUT2D eigenvalue weighted by Crippen LogP contribution is 2.24. The van der Waals surface area contributed by atoms with Crippen LogP contribution in [0.1, 0.15) is 5.56 Å². The highest BCUT2D eigenvalue weighted by Gasteiger charge is 2.03. The molecule has 0 aliphatic rings. The molecule has 0 aliphatic heterocycles. The number of ether oxygens (including phenoxy) is 2. The molecule has 3 heteroatoms. The van der Waals surface area contributed by atoms with Gasteiger partial charge in [0.15, 0.2) is 0 Å². The maximum absolute atomic E-state index is 5.83. The van der Waals surface area contributed by atoms with Crippen molar-refractivity contribution in [3.05, 3.63) is 78.5 Å². The second kappa shape index (κ2) is 6.76. The predicted molar refractivity (Wildman–Crippen MR) is 87.0 cm³/mol. The summed E-state index contributed by atoms with van der Waals surface area (Å²) >= 11 is 0. The van der Waals surface area contributed by atoms with Gasteiger partial charge in [-0.3, -0.25) is 4.98 Å². The first-order valence-electron chi connectivity index (χ1n) is 7.12. The molecule has 3 rings (SSSR count). The minimum absolute atomic E-state index is 0.549. The number of methoxy groups -OCH3 is 1. The van der Waals surface area contributed by atoms with Crippen LogP contribution in [0.3, 0.4) is 0 Å². The number of pyridine rings is 1. The lowest BCUT2D eigenvalue weighted by atomic mass is 10.1. The Kier molecular flexibility index (Phi) is 4.35. The Bertz CT molecular complexity index is 724. The Hall–Kier alpha value is -2.81. The fraction of sp³-hybridized carbons (Fsp3) is 0.105. The van der Waals surface area contributed by atoms with Crippen LogP contribution >= 0.6 is 0 Å². The van der Waals surface area contributed by atoms with Crippen molar-refractivity contribution in [3.63, 3.8) is 0 Å². The van der Waals surface area contributed by atoms with Crippen LogP contribution in [0.2, 0.25) is 0 Å². The molecule has 0 aliphatic carbocycles. The summed E-state index contributed by atoms with van der Waals surface area (Å²) < 4.78 is 11.0. The van der Waals surface area contributed by atoms with Gasteiger partial charge in [-0.15, -0.1) is 0 Å². The Morgan fingerprint density at radius 3 is 2.36 bits per heavy atom. The van der Waals surface area contributed by atoms with Crippen molar-refractivity contribution in [1.82, 2.24) is 4.98 Å². The average Bonchev–Trinajstić information content (AvgIpc) is 2.61. The Labute approximate surface area is 130 Å². The summed E-state index contributed by atoms with van der Waals surface area (Å²) in [5.74, 6) is 1.64. The molecule has 0 saturated heterocycles. The Morgan fingerprint density at radius 1 is 0.864 bits per heavy atom. The van der Waals surface area contributed by atoms with Crippen molar-refractivity contribution in [3.8, 4) is 22.8 Å². The lowest BCUT2D eigenvalue weighted by Gasteiger charge is -2.08. The van der Waals surface area contributed by atoms with Gasteiger partial charge in [0, 0.05) is 17.8 Å². The summed E-state index contributed by atoms with van der Waals surface area (Å²) in [6.07, 6.45) is 1.76. The first kappa shape index (κ1) is 14.1. The molecule has 0 fully saturated rings. The third-order valence-corrected chi connectivity index (χ3v) is 3.37. The summed E-state index contributed by atoms with van der Waals surface area (Å²) in [7, 11) is 1.66. The molecule has 0 radical (unpaired) electrons. The molecule has 1 heterocycles. The third kappa shape index (κ3) is 3.44. The molecule has 110 valence electrons. The molecule has 0 amide bonds. The second-order valence-electron chi connectivity index (χ2n) is 4.88. The van der Waals surface area contributed by atoms with E-state index < -0.39 is 0 Å². The first-order valence-corrected chi connectivity index (χ1v) is 7.12. The number of nitrogens with zero attached hydrogens (tertiary/aromatic N) is 1. The summed E-state index contributed by atoms with van der Waals surface area (Å²) in [6.45, 7) is 0.549. The lowest BCUT2D eigenvalue weighted by molar-refractivity contribution is 0.306. The summed E-state index contributed by atoms with van der Waals surface area (Å²) in [4.78, 5) is 4.40. The molecule has 0 N–H and O–H groups in total. The number of benzene rings is 2. The highest BCUT2D eigenvalue weighted by atomic mass is 16.5. The molecule has 0 atom stereocenters. The Balaban J connectivity index is 1.74. The molecular formula is C19H17NO2. The third-order valence-electron chi connectivity index (χ3n) is 3.37. The van der Waals surface area contributed by atoms with Gasteiger partial charge in [0.05, 0.1) is 12.8 Å². The summed E-state index contributed by atoms with van der Waals surface area (Å²) in [6, 6.07) is 21.8. The zero-order chi connectivity index (χ0) is 15.2. The van der Waals surface area contributed by atoms with Gasteiger partial charge in [-0.1, -0.05) is 30.3 Å². The van der Waals surface area contributed by atoms with E-state index in [-0.39, 0.29) is 0 Å². The van der Waals surface area contributed by atoms with Crippen LogP contribution in [-0.2, 0) is 6.61 Å². The molecular weight excluding hydrogens is 274 g/mol. The molecule has 0 spiro atoms. The van der Waals surface area contributed by atoms with E-state index >= 15 is 0 Å². The summed E-state index contributed by atoms with van der Waals surface area (Å²) in [5, 5.41) is 0. The normalized spacial score (nSPS) is 10.2. The highest BCUT2D eigenvalue weighted by molar-refractivity contribution is 5.61. The van der Waals surface area contributed by atoms with Crippen LogP contribution in [0, 0.1) is 0 Å². The summed E-state index contributed by atoms with van der Waals surface area (Å²) in [5.41, 5.74) is 3.06. The van der Waals surface area contributed by atoms with Gasteiger partial charge in [-0.2, -0.15) is 0 Å². The van der Waals surface area contributed by atoms with Gasteiger partial charge in [0.25, 0.3) is 0 Å². The van der Waals surface area contributed by atoms with Crippen molar-refractivity contribution >= 4 is 0 Å². The zero-order valence-corrected chi connectivity index (χ0v) is 12.4. The van der Waals surface area contributed by atoms with E-state index in [0.29, 0.717) is 6.61 Å². The number of hydrogen-bond acceptors (Lipinski definition) is 3. The van der Waals surface area contributed by atoms with Crippen LogP contribution in [0.5, 0.6) is 11.5 Å². The molecule has 1 aromatic heterocycles. The van der Waals surface area contributed by atoms with Gasteiger partial charge < -0.3 is 9.47 Å². The quantitative estimate of drug-likeness (QED) is 0.701. The molecule has 2 aromatic carbocycles. The van der Waals surface area contributed by atoms with E-state index in [1.54, 1.807) is 13.3 Å². The SMILES string of the molecule is COc1ccc(-c2cc(OCc3ccccc3)ccn2)cc1. The van der Waals surface area contributed by atoms with Crippen molar-refractivity contribution < 1.29 is 9.47 Å². The van der Waals surface area contributed by atoms with E-state index in [2.05, 4.69) is 4.98 Å². The van der Waals surface area contributed by atoms with Crippen LogP contribution in [0.25, 0.3) is 11.3 Å². The van der Waals surface area contributed by atoms with Crippen molar-refractivity contribution in [2.45, 2.75) is 6.61 Å². The van der Waals surface area contributed by atoms with Crippen molar-refractivity contribution in [2.24, 2.45) is 0 Å². The molecule has 0 saturated carbocycles. The molecule has 3 nitrogen and oxygen atoms in total. The van der Waals surface area contributed by atoms with Gasteiger partial charge >= 0.3 is 0 Å². The van der Waals surface area contributed by atoms with Crippen molar-refractivity contribution in [1.29, 1.82) is 0 Å². The monoisotopic (exact) mass is 291 g/mol. The van der Waals surface area contributed by atoms with Gasteiger partial charge in [-0.05, 0) is 35.9 Å². The van der Waals surface area contributed by atoms with E-state index in [0.717, 1.165) is 28.3 Å². The topological polar surface area (TPSA) is 31.4 Å². The van der Waals surface area contributed by atoms with Crippen LogP contribution in [0.4, 0.5) is 0 Å². The number of hydrogen-bond donors (Lipinski definition) is 0. The van der Waals surface area contributed by atoms with Gasteiger partial charge in [0.2, 0.25) is 0 Å². The lowest BCUT2D eigenvalue weighted by Crippen LogP contribution is -1.95. The number of aromatic nitrogens is 1. The minimum atomic E-state index is 0.549. The molecule has 0 unspecified atom stereocenters. The van der Waals surface area contributed by atoms with E-state index in [1.807, 2.05) is 66.7 Å². The van der Waals surface area contributed by atoms with Crippen LogP contribution < -0.4 is 9.47 Å². The Morgan fingerprint density at radius 2 is 1.64 bits per heavy atom. The predicted octanol–water partition coefficient (Wildman–Crippen LogP) is 4.34. The maximum Gasteiger partial charge on any atom is 0.123 e. The smallest absolute Gasteiger partial charge is 0.123 e. The zero-order valence-electron chi connectivity index (χ0n) is 12.4. The second-order valence-corrected chi connectivity index (χ2v) is 4.88. The number of rotatable bonds is 5. The van der Waals surface area contributed by atoms with Crippen LogP contribution in [0.15, 0.2) is 72.9 Å². The fourth-order valence-electron chi connectivity index (χ4n) is 2.16.